The molecule has 1 atom stereocenters. The van der Waals surface area contributed by atoms with Gasteiger partial charge in [-0.3, -0.25) is 4.79 Å². The lowest BCUT2D eigenvalue weighted by molar-refractivity contribution is -0.141. The van der Waals surface area contributed by atoms with Crippen LogP contribution in [0.15, 0.2) is 24.3 Å². The number of hydrogen-bond acceptors (Lipinski definition) is 2. The van der Waals surface area contributed by atoms with E-state index in [-0.39, 0.29) is 17.9 Å². The van der Waals surface area contributed by atoms with Crippen molar-refractivity contribution >= 4 is 5.97 Å². The standard InChI is InChI=1S/C10H9FO2/c11-8-4-2-1-3-7(8)9-5-6-10(12)13-9/h1-4,9H,5-6H2. The third kappa shape index (κ3) is 1.54. The number of ether oxygens (including phenoxy) is 1. The molecule has 0 amide bonds. The fourth-order valence-corrected chi connectivity index (χ4v) is 1.48. The molecule has 0 aromatic heterocycles. The van der Waals surface area contributed by atoms with Crippen LogP contribution in [-0.2, 0) is 9.53 Å². The van der Waals surface area contributed by atoms with Gasteiger partial charge in [0, 0.05) is 12.0 Å². The fourth-order valence-electron chi connectivity index (χ4n) is 1.48. The van der Waals surface area contributed by atoms with Crippen LogP contribution in [-0.4, -0.2) is 5.97 Å². The normalized spacial score (nSPS) is 21.6. The summed E-state index contributed by atoms with van der Waals surface area (Å²) in [6.07, 6.45) is 0.590. The largest absolute Gasteiger partial charge is 0.457 e. The lowest BCUT2D eigenvalue weighted by Crippen LogP contribution is -2.00. The van der Waals surface area contributed by atoms with Crippen LogP contribution in [0.25, 0.3) is 0 Å². The summed E-state index contributed by atoms with van der Waals surface area (Å²) >= 11 is 0. The Morgan fingerprint density at radius 1 is 1.38 bits per heavy atom. The molecule has 0 spiro atoms. The molecule has 1 heterocycles. The molecule has 2 rings (SSSR count). The van der Waals surface area contributed by atoms with Gasteiger partial charge in [-0.15, -0.1) is 0 Å². The number of benzene rings is 1. The van der Waals surface area contributed by atoms with Crippen LogP contribution in [0, 0.1) is 5.82 Å². The van der Waals surface area contributed by atoms with E-state index in [0.717, 1.165) is 0 Å². The first-order valence-corrected chi connectivity index (χ1v) is 4.21. The molecule has 1 aromatic carbocycles. The van der Waals surface area contributed by atoms with E-state index in [0.29, 0.717) is 18.4 Å². The lowest BCUT2D eigenvalue weighted by atomic mass is 10.1. The van der Waals surface area contributed by atoms with Gasteiger partial charge in [-0.25, -0.2) is 4.39 Å². The quantitative estimate of drug-likeness (QED) is 0.619. The summed E-state index contributed by atoms with van der Waals surface area (Å²) in [6, 6.07) is 6.39. The van der Waals surface area contributed by atoms with E-state index < -0.39 is 0 Å². The monoisotopic (exact) mass is 180 g/mol. The average molecular weight is 180 g/mol. The van der Waals surface area contributed by atoms with Crippen LogP contribution in [0.3, 0.4) is 0 Å². The number of rotatable bonds is 1. The molecular weight excluding hydrogens is 171 g/mol. The van der Waals surface area contributed by atoms with Crippen LogP contribution >= 0.6 is 0 Å². The Kier molecular flexibility index (Phi) is 2.00. The Morgan fingerprint density at radius 3 is 2.77 bits per heavy atom. The van der Waals surface area contributed by atoms with Crippen molar-refractivity contribution in [1.29, 1.82) is 0 Å². The van der Waals surface area contributed by atoms with Gasteiger partial charge in [-0.1, -0.05) is 18.2 Å². The molecular formula is C10H9FO2. The highest BCUT2D eigenvalue weighted by Gasteiger charge is 2.26. The highest BCUT2D eigenvalue weighted by atomic mass is 19.1. The molecule has 1 aliphatic rings. The zero-order valence-electron chi connectivity index (χ0n) is 7.00. The summed E-state index contributed by atoms with van der Waals surface area (Å²) in [7, 11) is 0. The van der Waals surface area contributed by atoms with E-state index in [1.165, 1.54) is 6.07 Å². The molecule has 1 saturated heterocycles. The highest BCUT2D eigenvalue weighted by Crippen LogP contribution is 2.30. The second-order valence-corrected chi connectivity index (χ2v) is 3.04. The molecule has 3 heteroatoms. The second-order valence-electron chi connectivity index (χ2n) is 3.04. The van der Waals surface area contributed by atoms with Crippen molar-refractivity contribution in [3.8, 4) is 0 Å². The summed E-state index contributed by atoms with van der Waals surface area (Å²) in [5.74, 6) is -0.546. The number of carbonyl (C=O) groups is 1. The summed E-state index contributed by atoms with van der Waals surface area (Å²) < 4.78 is 18.1. The van der Waals surface area contributed by atoms with Crippen molar-refractivity contribution in [3.05, 3.63) is 35.6 Å². The van der Waals surface area contributed by atoms with Crippen molar-refractivity contribution in [1.82, 2.24) is 0 Å². The Bertz CT molecular complexity index is 335. The predicted octanol–water partition coefficient (Wildman–Crippen LogP) is 2.20. The third-order valence-corrected chi connectivity index (χ3v) is 2.14. The van der Waals surface area contributed by atoms with Crippen LogP contribution < -0.4 is 0 Å². The second kappa shape index (κ2) is 3.17. The fraction of sp³-hybridized carbons (Fsp3) is 0.300. The topological polar surface area (TPSA) is 26.3 Å². The number of carbonyl (C=O) groups excluding carboxylic acids is 1. The maximum atomic E-state index is 13.2. The van der Waals surface area contributed by atoms with Crippen LogP contribution in [0.2, 0.25) is 0 Å². The zero-order valence-corrected chi connectivity index (χ0v) is 7.00. The molecule has 0 aliphatic carbocycles. The van der Waals surface area contributed by atoms with Crippen LogP contribution in [0.4, 0.5) is 4.39 Å². The minimum absolute atomic E-state index is 0.242. The molecule has 1 aliphatic heterocycles. The molecule has 0 N–H and O–H groups in total. The van der Waals surface area contributed by atoms with Gasteiger partial charge >= 0.3 is 5.97 Å². The molecule has 0 bridgehead atoms. The van der Waals surface area contributed by atoms with Gasteiger partial charge in [0.1, 0.15) is 11.9 Å². The number of esters is 1. The molecule has 1 unspecified atom stereocenters. The molecule has 1 fully saturated rings. The molecule has 2 nitrogen and oxygen atoms in total. The van der Waals surface area contributed by atoms with Gasteiger partial charge in [0.2, 0.25) is 0 Å². The zero-order chi connectivity index (χ0) is 9.26. The number of halogens is 1. The molecule has 0 radical (unpaired) electrons. The Hall–Kier alpha value is -1.38. The maximum absolute atomic E-state index is 13.2. The highest BCUT2D eigenvalue weighted by molar-refractivity contribution is 5.71. The van der Waals surface area contributed by atoms with Crippen molar-refractivity contribution in [2.45, 2.75) is 18.9 Å². The van der Waals surface area contributed by atoms with Gasteiger partial charge in [0.15, 0.2) is 0 Å². The summed E-state index contributed by atoms with van der Waals surface area (Å²) in [5.41, 5.74) is 0.480. The van der Waals surface area contributed by atoms with E-state index in [1.807, 2.05) is 0 Å². The van der Waals surface area contributed by atoms with E-state index in [4.69, 9.17) is 4.74 Å². The number of cyclic esters (lactones) is 1. The molecule has 13 heavy (non-hydrogen) atoms. The number of hydrogen-bond donors (Lipinski definition) is 0. The van der Waals surface area contributed by atoms with Gasteiger partial charge < -0.3 is 4.74 Å². The van der Waals surface area contributed by atoms with E-state index in [9.17, 15) is 9.18 Å². The van der Waals surface area contributed by atoms with Crippen molar-refractivity contribution in [2.24, 2.45) is 0 Å². The van der Waals surface area contributed by atoms with Gasteiger partial charge in [-0.2, -0.15) is 0 Å². The SMILES string of the molecule is O=C1CCC(c2ccccc2F)O1. The first-order chi connectivity index (χ1) is 6.27. The van der Waals surface area contributed by atoms with E-state index in [1.54, 1.807) is 18.2 Å². The Balaban J connectivity index is 2.26. The smallest absolute Gasteiger partial charge is 0.306 e. The van der Waals surface area contributed by atoms with E-state index in [2.05, 4.69) is 0 Å². The summed E-state index contributed by atoms with van der Waals surface area (Å²) in [4.78, 5) is 10.8. The summed E-state index contributed by atoms with van der Waals surface area (Å²) in [6.45, 7) is 0. The minimum atomic E-state index is -0.381. The Morgan fingerprint density at radius 2 is 2.15 bits per heavy atom. The molecule has 1 aromatic rings. The van der Waals surface area contributed by atoms with Crippen LogP contribution in [0.5, 0.6) is 0 Å². The van der Waals surface area contributed by atoms with Gasteiger partial charge in [0.05, 0.1) is 0 Å². The van der Waals surface area contributed by atoms with Gasteiger partial charge in [-0.05, 0) is 12.5 Å². The van der Waals surface area contributed by atoms with Crippen LogP contribution in [0.1, 0.15) is 24.5 Å². The maximum Gasteiger partial charge on any atom is 0.306 e. The Labute approximate surface area is 75.3 Å². The minimum Gasteiger partial charge on any atom is -0.457 e. The first kappa shape index (κ1) is 8.23. The first-order valence-electron chi connectivity index (χ1n) is 4.21. The van der Waals surface area contributed by atoms with Gasteiger partial charge in [0.25, 0.3) is 0 Å². The predicted molar refractivity (Wildman–Crippen MR) is 44.5 cm³/mol. The molecule has 0 saturated carbocycles. The van der Waals surface area contributed by atoms with Crippen molar-refractivity contribution < 1.29 is 13.9 Å². The van der Waals surface area contributed by atoms with E-state index >= 15 is 0 Å². The summed E-state index contributed by atoms with van der Waals surface area (Å²) in [5, 5.41) is 0. The van der Waals surface area contributed by atoms with Crippen molar-refractivity contribution in [3.63, 3.8) is 0 Å². The molecule has 68 valence electrons. The van der Waals surface area contributed by atoms with Crippen molar-refractivity contribution in [2.75, 3.05) is 0 Å². The third-order valence-electron chi connectivity index (χ3n) is 2.14. The average Bonchev–Trinajstić information content (AvgIpc) is 2.53. The lowest BCUT2D eigenvalue weighted by Gasteiger charge is -2.09.